The van der Waals surface area contributed by atoms with E-state index in [2.05, 4.69) is 21.0 Å². The molecule has 1 aromatic heterocycles. The molecule has 0 saturated heterocycles. The van der Waals surface area contributed by atoms with Crippen molar-refractivity contribution in [3.63, 3.8) is 0 Å². The summed E-state index contributed by atoms with van der Waals surface area (Å²) in [4.78, 5) is 0. The van der Waals surface area contributed by atoms with Crippen LogP contribution in [-0.2, 0) is 6.18 Å². The van der Waals surface area contributed by atoms with Gasteiger partial charge in [0.1, 0.15) is 0 Å². The first kappa shape index (κ1) is 19.3. The molecular formula is C22H15BrF3N3. The van der Waals surface area contributed by atoms with Crippen molar-refractivity contribution in [1.82, 2.24) is 9.78 Å². The molecule has 4 aromatic rings. The van der Waals surface area contributed by atoms with Crippen LogP contribution in [0.5, 0.6) is 0 Å². The molecule has 29 heavy (non-hydrogen) atoms. The summed E-state index contributed by atoms with van der Waals surface area (Å²) in [5.41, 5.74) is 8.75. The number of anilines is 1. The Balaban J connectivity index is 1.78. The van der Waals surface area contributed by atoms with Crippen LogP contribution in [0.3, 0.4) is 0 Å². The number of nitrogen functional groups attached to an aromatic ring is 1. The molecule has 2 N–H and O–H groups in total. The summed E-state index contributed by atoms with van der Waals surface area (Å²) in [6, 6.07) is 22.8. The van der Waals surface area contributed by atoms with Crippen molar-refractivity contribution in [3.05, 3.63) is 89.0 Å². The fourth-order valence-corrected chi connectivity index (χ4v) is 3.28. The number of nitrogens with zero attached hydrogens (tertiary/aromatic N) is 2. The Morgan fingerprint density at radius 3 is 1.83 bits per heavy atom. The number of rotatable bonds is 3. The van der Waals surface area contributed by atoms with Crippen LogP contribution in [0.4, 0.5) is 18.9 Å². The topological polar surface area (TPSA) is 43.8 Å². The molecule has 0 aliphatic rings. The molecule has 0 aliphatic heterocycles. The highest BCUT2D eigenvalue weighted by Gasteiger charge is 2.35. The van der Waals surface area contributed by atoms with Crippen LogP contribution in [-0.4, -0.2) is 9.78 Å². The first-order chi connectivity index (χ1) is 13.8. The monoisotopic (exact) mass is 457 g/mol. The average molecular weight is 458 g/mol. The normalized spacial score (nSPS) is 11.6. The van der Waals surface area contributed by atoms with Crippen LogP contribution >= 0.6 is 15.9 Å². The fraction of sp³-hybridized carbons (Fsp3) is 0.0455. The van der Waals surface area contributed by atoms with Gasteiger partial charge in [-0.05, 0) is 53.6 Å². The summed E-state index contributed by atoms with van der Waals surface area (Å²) < 4.78 is 42.2. The number of hydrogen-bond acceptors (Lipinski definition) is 2. The number of alkyl halides is 3. The van der Waals surface area contributed by atoms with Crippen LogP contribution in [0.1, 0.15) is 5.69 Å². The third-order valence-corrected chi connectivity index (χ3v) is 5.02. The van der Waals surface area contributed by atoms with Gasteiger partial charge >= 0.3 is 6.18 Å². The fourth-order valence-electron chi connectivity index (χ4n) is 3.01. The van der Waals surface area contributed by atoms with Gasteiger partial charge in [0.15, 0.2) is 5.69 Å². The van der Waals surface area contributed by atoms with Gasteiger partial charge in [-0.25, -0.2) is 4.68 Å². The lowest BCUT2D eigenvalue weighted by molar-refractivity contribution is -0.141. The highest BCUT2D eigenvalue weighted by molar-refractivity contribution is 9.10. The van der Waals surface area contributed by atoms with Gasteiger partial charge in [-0.15, -0.1) is 0 Å². The van der Waals surface area contributed by atoms with E-state index >= 15 is 0 Å². The molecule has 3 nitrogen and oxygen atoms in total. The molecule has 0 amide bonds. The maximum absolute atomic E-state index is 13.3. The molecule has 0 unspecified atom stereocenters. The summed E-state index contributed by atoms with van der Waals surface area (Å²) in [6.45, 7) is 0. The zero-order chi connectivity index (χ0) is 20.6. The molecule has 4 rings (SSSR count). The Kier molecular flexibility index (Phi) is 4.92. The van der Waals surface area contributed by atoms with E-state index in [9.17, 15) is 13.2 Å². The zero-order valence-corrected chi connectivity index (χ0v) is 16.6. The second kappa shape index (κ2) is 7.40. The minimum absolute atomic E-state index is 0.351. The number of hydrogen-bond donors (Lipinski definition) is 1. The smallest absolute Gasteiger partial charge is 0.399 e. The Bertz CT molecular complexity index is 1130. The highest BCUT2D eigenvalue weighted by atomic mass is 79.9. The molecule has 0 aliphatic carbocycles. The molecule has 1 heterocycles. The molecule has 0 atom stereocenters. The number of nitrogens with two attached hydrogens (primary N) is 1. The minimum atomic E-state index is -4.54. The van der Waals surface area contributed by atoms with E-state index < -0.39 is 11.9 Å². The molecule has 0 bridgehead atoms. The number of benzene rings is 3. The Morgan fingerprint density at radius 2 is 1.28 bits per heavy atom. The summed E-state index contributed by atoms with van der Waals surface area (Å²) >= 11 is 3.40. The van der Waals surface area contributed by atoms with Gasteiger partial charge in [-0.1, -0.05) is 52.3 Å². The van der Waals surface area contributed by atoms with Crippen molar-refractivity contribution in [2.45, 2.75) is 6.18 Å². The molecule has 3 aromatic carbocycles. The van der Waals surface area contributed by atoms with Crippen LogP contribution in [0.2, 0.25) is 0 Å². The van der Waals surface area contributed by atoms with E-state index in [-0.39, 0.29) is 0 Å². The summed E-state index contributed by atoms with van der Waals surface area (Å²) in [5.74, 6) is 0. The lowest BCUT2D eigenvalue weighted by Crippen LogP contribution is -2.07. The Labute approximate surface area is 173 Å². The van der Waals surface area contributed by atoms with Gasteiger partial charge in [0.2, 0.25) is 0 Å². The van der Waals surface area contributed by atoms with Crippen molar-refractivity contribution >= 4 is 21.6 Å². The predicted molar refractivity (Wildman–Crippen MR) is 112 cm³/mol. The van der Waals surface area contributed by atoms with Crippen molar-refractivity contribution in [1.29, 1.82) is 0 Å². The van der Waals surface area contributed by atoms with Crippen molar-refractivity contribution in [2.75, 3.05) is 5.73 Å². The lowest BCUT2D eigenvalue weighted by Gasteiger charge is -2.09. The van der Waals surface area contributed by atoms with E-state index in [1.54, 1.807) is 36.4 Å². The second-order valence-electron chi connectivity index (χ2n) is 6.50. The predicted octanol–water partition coefficient (Wildman–Crippen LogP) is 6.57. The van der Waals surface area contributed by atoms with Gasteiger partial charge in [0, 0.05) is 15.7 Å². The van der Waals surface area contributed by atoms with E-state index in [0.717, 1.165) is 21.7 Å². The minimum Gasteiger partial charge on any atom is -0.399 e. The first-order valence-corrected chi connectivity index (χ1v) is 9.50. The summed E-state index contributed by atoms with van der Waals surface area (Å²) in [7, 11) is 0. The van der Waals surface area contributed by atoms with Crippen molar-refractivity contribution in [3.8, 4) is 28.1 Å². The van der Waals surface area contributed by atoms with Gasteiger partial charge in [-0.2, -0.15) is 18.3 Å². The molecule has 146 valence electrons. The second-order valence-corrected chi connectivity index (χ2v) is 7.42. The number of aromatic nitrogens is 2. The third kappa shape index (κ3) is 4.05. The van der Waals surface area contributed by atoms with Crippen molar-refractivity contribution < 1.29 is 13.2 Å². The van der Waals surface area contributed by atoms with Crippen molar-refractivity contribution in [2.24, 2.45) is 0 Å². The highest BCUT2D eigenvalue weighted by Crippen LogP contribution is 2.34. The average Bonchev–Trinajstić information content (AvgIpc) is 3.15. The Morgan fingerprint density at radius 1 is 0.759 bits per heavy atom. The van der Waals surface area contributed by atoms with E-state index in [1.165, 1.54) is 4.68 Å². The standard InChI is InChI=1S/C22H15BrF3N3/c23-17-7-5-15(6-8-17)14-1-3-16(4-2-14)20-13-21(22(24,25)26)28-29(20)19-11-9-18(27)10-12-19/h1-13H,27H2. The quantitative estimate of drug-likeness (QED) is 0.353. The molecule has 0 saturated carbocycles. The molecule has 7 heteroatoms. The van der Waals surface area contributed by atoms with Gasteiger partial charge in [0.05, 0.1) is 11.4 Å². The van der Waals surface area contributed by atoms with Gasteiger partial charge < -0.3 is 5.73 Å². The molecule has 0 radical (unpaired) electrons. The van der Waals surface area contributed by atoms with Gasteiger partial charge in [-0.3, -0.25) is 0 Å². The molecule has 0 fully saturated rings. The number of halogens is 4. The lowest BCUT2D eigenvalue weighted by atomic mass is 10.0. The van der Waals surface area contributed by atoms with Gasteiger partial charge in [0.25, 0.3) is 0 Å². The SMILES string of the molecule is Nc1ccc(-n2nc(C(F)(F)F)cc2-c2ccc(-c3ccc(Br)cc3)cc2)cc1. The summed E-state index contributed by atoms with van der Waals surface area (Å²) in [6.07, 6.45) is -4.54. The zero-order valence-electron chi connectivity index (χ0n) is 15.0. The van der Waals surface area contributed by atoms with E-state index in [1.807, 2.05) is 36.4 Å². The van der Waals surface area contributed by atoms with Crippen LogP contribution in [0.15, 0.2) is 83.3 Å². The van der Waals surface area contributed by atoms with Crippen LogP contribution in [0.25, 0.3) is 28.1 Å². The van der Waals surface area contributed by atoms with E-state index in [0.29, 0.717) is 22.6 Å². The largest absolute Gasteiger partial charge is 0.435 e. The van der Waals surface area contributed by atoms with Crippen LogP contribution in [0, 0.1) is 0 Å². The molecular weight excluding hydrogens is 443 g/mol. The Hall–Kier alpha value is -3.06. The summed E-state index contributed by atoms with van der Waals surface area (Å²) in [5, 5.41) is 3.79. The maximum atomic E-state index is 13.3. The first-order valence-electron chi connectivity index (χ1n) is 8.71. The molecule has 0 spiro atoms. The maximum Gasteiger partial charge on any atom is 0.435 e. The van der Waals surface area contributed by atoms with Crippen LogP contribution < -0.4 is 5.73 Å². The third-order valence-electron chi connectivity index (χ3n) is 4.50. The van der Waals surface area contributed by atoms with E-state index in [4.69, 9.17) is 5.73 Å².